The number of carbonyl (C=O) groups is 2. The number of anilines is 2. The van der Waals surface area contributed by atoms with Crippen LogP contribution in [0.1, 0.15) is 16.6 Å². The standard InChI is InChI=1S/C16H18N2O6S3/c1-11(19)17(2)12-5-7-13(8-6-12)18(27(4,23)24)16(20)14-9-10-15(25-14)26(3,21)22/h5-10H,1-4H3. The zero-order chi connectivity index (χ0) is 20.6. The molecule has 0 saturated heterocycles. The molecule has 2 amide bonds. The van der Waals surface area contributed by atoms with E-state index < -0.39 is 25.8 Å². The fourth-order valence-electron chi connectivity index (χ4n) is 2.19. The highest BCUT2D eigenvalue weighted by molar-refractivity contribution is 7.93. The molecule has 2 aromatic rings. The minimum atomic E-state index is -3.98. The molecular formula is C16H18N2O6S3. The Balaban J connectivity index is 2.46. The molecule has 0 unspecified atom stereocenters. The molecular weight excluding hydrogens is 412 g/mol. The van der Waals surface area contributed by atoms with Crippen LogP contribution in [0.15, 0.2) is 40.6 Å². The minimum Gasteiger partial charge on any atom is -0.316 e. The molecule has 1 aromatic heterocycles. The van der Waals surface area contributed by atoms with E-state index in [-0.39, 0.29) is 20.7 Å². The third kappa shape index (κ3) is 4.73. The van der Waals surface area contributed by atoms with Crippen molar-refractivity contribution in [2.24, 2.45) is 0 Å². The van der Waals surface area contributed by atoms with Crippen LogP contribution in [-0.4, -0.2) is 48.2 Å². The fourth-order valence-corrected chi connectivity index (χ4v) is 5.01. The van der Waals surface area contributed by atoms with Crippen molar-refractivity contribution in [2.45, 2.75) is 11.1 Å². The molecule has 0 atom stereocenters. The fraction of sp³-hybridized carbons (Fsp3) is 0.250. The summed E-state index contributed by atoms with van der Waals surface area (Å²) in [7, 11) is -5.92. The maximum atomic E-state index is 12.8. The molecule has 1 aromatic carbocycles. The lowest BCUT2D eigenvalue weighted by Gasteiger charge is -2.21. The smallest absolute Gasteiger partial charge is 0.282 e. The summed E-state index contributed by atoms with van der Waals surface area (Å²) in [5, 5.41) is 0. The SMILES string of the molecule is CC(=O)N(C)c1ccc(N(C(=O)c2ccc(S(C)(=O)=O)s2)S(C)(=O)=O)cc1. The van der Waals surface area contributed by atoms with Crippen LogP contribution in [0.4, 0.5) is 11.4 Å². The van der Waals surface area contributed by atoms with E-state index in [4.69, 9.17) is 0 Å². The van der Waals surface area contributed by atoms with Crippen LogP contribution in [0, 0.1) is 0 Å². The van der Waals surface area contributed by atoms with Gasteiger partial charge in [-0.15, -0.1) is 11.3 Å². The maximum Gasteiger partial charge on any atom is 0.282 e. The van der Waals surface area contributed by atoms with Gasteiger partial charge in [-0.3, -0.25) is 9.59 Å². The van der Waals surface area contributed by atoms with Gasteiger partial charge in [0, 0.05) is 25.9 Å². The molecule has 0 aliphatic carbocycles. The molecule has 0 radical (unpaired) electrons. The average molecular weight is 431 g/mol. The number of benzene rings is 1. The summed E-state index contributed by atoms with van der Waals surface area (Å²) in [6.07, 6.45) is 1.89. The van der Waals surface area contributed by atoms with E-state index in [1.807, 2.05) is 0 Å². The Morgan fingerprint density at radius 1 is 0.889 bits per heavy atom. The number of sulfone groups is 1. The third-order valence-corrected chi connectivity index (χ3v) is 7.55. The molecule has 0 N–H and O–H groups in total. The molecule has 0 aliphatic rings. The summed E-state index contributed by atoms with van der Waals surface area (Å²) < 4.78 is 48.2. The topological polar surface area (TPSA) is 109 Å². The Hall–Kier alpha value is -2.24. The first-order valence-corrected chi connectivity index (χ1v) is 12.1. The summed E-state index contributed by atoms with van der Waals surface area (Å²) in [6.45, 7) is 1.39. The number of carbonyl (C=O) groups excluding carboxylic acids is 2. The van der Waals surface area contributed by atoms with Gasteiger partial charge in [0.25, 0.3) is 5.91 Å². The van der Waals surface area contributed by atoms with Gasteiger partial charge in [-0.2, -0.15) is 0 Å². The first-order valence-electron chi connectivity index (χ1n) is 7.51. The van der Waals surface area contributed by atoms with Crippen molar-refractivity contribution in [2.75, 3.05) is 28.8 Å². The Bertz CT molecular complexity index is 1090. The van der Waals surface area contributed by atoms with Crippen molar-refractivity contribution in [3.63, 3.8) is 0 Å². The quantitative estimate of drug-likeness (QED) is 0.715. The molecule has 0 spiro atoms. The third-order valence-electron chi connectivity index (χ3n) is 3.62. The molecule has 0 bridgehead atoms. The first kappa shape index (κ1) is 21.1. The molecule has 0 fully saturated rings. The predicted molar refractivity (Wildman–Crippen MR) is 105 cm³/mol. The number of sulfonamides is 1. The van der Waals surface area contributed by atoms with Gasteiger partial charge in [-0.05, 0) is 36.4 Å². The summed E-state index contributed by atoms with van der Waals surface area (Å²) >= 11 is 0.702. The normalized spacial score (nSPS) is 11.9. The van der Waals surface area contributed by atoms with Gasteiger partial charge >= 0.3 is 0 Å². The highest BCUT2D eigenvalue weighted by Gasteiger charge is 2.28. The summed E-state index contributed by atoms with van der Waals surface area (Å²) in [5.41, 5.74) is 0.611. The van der Waals surface area contributed by atoms with Gasteiger partial charge in [0.05, 0.1) is 16.8 Å². The van der Waals surface area contributed by atoms with Crippen molar-refractivity contribution in [3.05, 3.63) is 41.3 Å². The lowest BCUT2D eigenvalue weighted by Crippen LogP contribution is -2.35. The van der Waals surface area contributed by atoms with Crippen LogP contribution >= 0.6 is 11.3 Å². The second kappa shape index (κ2) is 7.41. The molecule has 0 saturated carbocycles. The van der Waals surface area contributed by atoms with Crippen LogP contribution in [0.5, 0.6) is 0 Å². The van der Waals surface area contributed by atoms with Crippen molar-refractivity contribution in [1.29, 1.82) is 0 Å². The summed E-state index contributed by atoms with van der Waals surface area (Å²) in [6, 6.07) is 8.37. The molecule has 27 heavy (non-hydrogen) atoms. The molecule has 11 heteroatoms. The number of hydrogen-bond acceptors (Lipinski definition) is 7. The highest BCUT2D eigenvalue weighted by atomic mass is 32.2. The molecule has 0 aliphatic heterocycles. The first-order chi connectivity index (χ1) is 12.3. The van der Waals surface area contributed by atoms with Crippen LogP contribution < -0.4 is 9.21 Å². The minimum absolute atomic E-state index is 0.0224. The van der Waals surface area contributed by atoms with E-state index in [1.54, 1.807) is 7.05 Å². The number of nitrogens with zero attached hydrogens (tertiary/aromatic N) is 2. The largest absolute Gasteiger partial charge is 0.316 e. The van der Waals surface area contributed by atoms with E-state index in [1.165, 1.54) is 48.2 Å². The van der Waals surface area contributed by atoms with E-state index in [0.29, 0.717) is 21.3 Å². The van der Waals surface area contributed by atoms with Gasteiger partial charge in [0.15, 0.2) is 9.84 Å². The van der Waals surface area contributed by atoms with Crippen LogP contribution in [-0.2, 0) is 24.7 Å². The summed E-state index contributed by atoms with van der Waals surface area (Å²) in [4.78, 5) is 25.5. The van der Waals surface area contributed by atoms with Gasteiger partial charge < -0.3 is 4.90 Å². The predicted octanol–water partition coefficient (Wildman–Crippen LogP) is 1.74. The number of thiophene rings is 1. The molecule has 1 heterocycles. The van der Waals surface area contributed by atoms with Gasteiger partial charge in [0.1, 0.15) is 4.21 Å². The zero-order valence-corrected chi connectivity index (χ0v) is 17.5. The molecule has 2 rings (SSSR count). The van der Waals surface area contributed by atoms with Crippen molar-refractivity contribution in [3.8, 4) is 0 Å². The highest BCUT2D eigenvalue weighted by Crippen LogP contribution is 2.28. The second-order valence-corrected chi connectivity index (χ2v) is 11.0. The number of hydrogen-bond donors (Lipinski definition) is 0. The maximum absolute atomic E-state index is 12.8. The van der Waals surface area contributed by atoms with E-state index in [2.05, 4.69) is 0 Å². The molecule has 8 nitrogen and oxygen atoms in total. The monoisotopic (exact) mass is 430 g/mol. The molecule has 146 valence electrons. The lowest BCUT2D eigenvalue weighted by molar-refractivity contribution is -0.116. The Labute approximate surface area is 162 Å². The lowest BCUT2D eigenvalue weighted by atomic mass is 10.2. The van der Waals surface area contributed by atoms with Crippen LogP contribution in [0.25, 0.3) is 0 Å². The number of rotatable bonds is 5. The van der Waals surface area contributed by atoms with Gasteiger partial charge in [-0.25, -0.2) is 21.1 Å². The van der Waals surface area contributed by atoms with Crippen LogP contribution in [0.3, 0.4) is 0 Å². The second-order valence-electron chi connectivity index (χ2n) is 5.82. The van der Waals surface area contributed by atoms with Crippen LogP contribution in [0.2, 0.25) is 0 Å². The average Bonchev–Trinajstić information content (AvgIpc) is 3.04. The van der Waals surface area contributed by atoms with Crippen molar-refractivity contribution < 1.29 is 26.4 Å². The zero-order valence-electron chi connectivity index (χ0n) is 15.0. The van der Waals surface area contributed by atoms with Gasteiger partial charge in [0.2, 0.25) is 15.9 Å². The Kier molecular flexibility index (Phi) is 5.78. The van der Waals surface area contributed by atoms with Crippen molar-refractivity contribution in [1.82, 2.24) is 0 Å². The van der Waals surface area contributed by atoms with E-state index >= 15 is 0 Å². The van der Waals surface area contributed by atoms with Crippen molar-refractivity contribution >= 4 is 54.4 Å². The Morgan fingerprint density at radius 2 is 1.41 bits per heavy atom. The van der Waals surface area contributed by atoms with Gasteiger partial charge in [-0.1, -0.05) is 0 Å². The van der Waals surface area contributed by atoms with E-state index in [0.717, 1.165) is 12.5 Å². The van der Waals surface area contributed by atoms with E-state index in [9.17, 15) is 26.4 Å². The summed E-state index contributed by atoms with van der Waals surface area (Å²) in [5.74, 6) is -1.06. The number of amides is 2. The Morgan fingerprint density at radius 3 is 1.81 bits per heavy atom.